The second-order valence-corrected chi connectivity index (χ2v) is 10.9. The number of hydrogen-bond acceptors (Lipinski definition) is 1. The molecule has 0 bridgehead atoms. The van der Waals surface area contributed by atoms with Crippen LogP contribution in [0.2, 0.25) is 0 Å². The third-order valence-electron chi connectivity index (χ3n) is 8.26. The first kappa shape index (κ1) is 23.6. The summed E-state index contributed by atoms with van der Waals surface area (Å²) in [6.07, 6.45) is 0. The topological polar surface area (TPSA) is 12.9 Å². The number of aromatic nitrogens is 1. The predicted octanol–water partition coefficient (Wildman–Crippen LogP) is 11.0. The van der Waals surface area contributed by atoms with Gasteiger partial charge in [0.1, 0.15) is 0 Å². The van der Waals surface area contributed by atoms with E-state index in [0.29, 0.717) is 0 Å². The summed E-state index contributed by atoms with van der Waals surface area (Å²) < 4.78 is 0. The summed E-state index contributed by atoms with van der Waals surface area (Å²) in [6.45, 7) is 2.19. The lowest BCUT2D eigenvalue weighted by molar-refractivity contribution is 1.42. The summed E-state index contributed by atoms with van der Waals surface area (Å²) in [5.41, 5.74) is 9.37. The zero-order valence-electron chi connectivity index (χ0n) is 22.8. The standard InChI is InChI=1S/C40H27N/c1-26-22-30(24-31(23-26)38-25-29-10-2-3-11-32(29)33-12-4-5-13-34(33)38)27-18-20-28(21-19-27)40-37-16-7-6-14-35(37)36-15-8-9-17-39(36)41-40/h2-25H,1H3. The van der Waals surface area contributed by atoms with E-state index in [1.54, 1.807) is 0 Å². The third kappa shape index (κ3) is 3.98. The predicted molar refractivity (Wildman–Crippen MR) is 175 cm³/mol. The van der Waals surface area contributed by atoms with Crippen molar-refractivity contribution in [2.45, 2.75) is 6.92 Å². The molecule has 0 amide bonds. The Labute approximate surface area is 239 Å². The maximum Gasteiger partial charge on any atom is 0.0788 e. The summed E-state index contributed by atoms with van der Waals surface area (Å²) in [7, 11) is 0. The second kappa shape index (κ2) is 9.43. The smallest absolute Gasteiger partial charge is 0.0788 e. The van der Waals surface area contributed by atoms with E-state index >= 15 is 0 Å². The van der Waals surface area contributed by atoms with Crippen molar-refractivity contribution in [1.82, 2.24) is 4.98 Å². The van der Waals surface area contributed by atoms with E-state index in [4.69, 9.17) is 4.98 Å². The first-order valence-electron chi connectivity index (χ1n) is 14.1. The number of rotatable bonds is 3. The quantitative estimate of drug-likeness (QED) is 0.211. The van der Waals surface area contributed by atoms with E-state index in [1.165, 1.54) is 65.5 Å². The Bertz CT molecular complexity index is 2260. The Morgan fingerprint density at radius 2 is 0.951 bits per heavy atom. The molecule has 0 fully saturated rings. The molecule has 8 aromatic rings. The molecule has 0 saturated carbocycles. The van der Waals surface area contributed by atoms with Crippen LogP contribution >= 0.6 is 0 Å². The Morgan fingerprint density at radius 3 is 1.73 bits per heavy atom. The molecule has 1 heterocycles. The molecule has 1 heteroatoms. The number of aryl methyl sites for hydroxylation is 1. The minimum Gasteiger partial charge on any atom is -0.247 e. The van der Waals surface area contributed by atoms with Gasteiger partial charge in [0.15, 0.2) is 0 Å². The van der Waals surface area contributed by atoms with Crippen LogP contribution in [0.4, 0.5) is 0 Å². The van der Waals surface area contributed by atoms with Gasteiger partial charge in [-0.1, -0.05) is 127 Å². The van der Waals surface area contributed by atoms with Gasteiger partial charge in [0.2, 0.25) is 0 Å². The van der Waals surface area contributed by atoms with Crippen molar-refractivity contribution in [1.29, 1.82) is 0 Å². The van der Waals surface area contributed by atoms with Gasteiger partial charge in [-0.05, 0) is 79.9 Å². The van der Waals surface area contributed by atoms with Crippen molar-refractivity contribution >= 4 is 43.2 Å². The Balaban J connectivity index is 1.25. The molecule has 0 atom stereocenters. The van der Waals surface area contributed by atoms with E-state index in [2.05, 4.69) is 153 Å². The van der Waals surface area contributed by atoms with Gasteiger partial charge in [-0.3, -0.25) is 0 Å². The molecular weight excluding hydrogens is 494 g/mol. The normalized spacial score (nSPS) is 11.5. The number of benzene rings is 7. The maximum absolute atomic E-state index is 5.10. The Hall–Kier alpha value is -5.27. The van der Waals surface area contributed by atoms with Crippen molar-refractivity contribution in [2.24, 2.45) is 0 Å². The molecule has 0 radical (unpaired) electrons. The van der Waals surface area contributed by atoms with E-state index in [-0.39, 0.29) is 0 Å². The van der Waals surface area contributed by atoms with Gasteiger partial charge >= 0.3 is 0 Å². The van der Waals surface area contributed by atoms with Crippen LogP contribution in [-0.4, -0.2) is 4.98 Å². The summed E-state index contributed by atoms with van der Waals surface area (Å²) in [6, 6.07) is 52.6. The van der Waals surface area contributed by atoms with Crippen LogP contribution in [0.15, 0.2) is 146 Å². The highest BCUT2D eigenvalue weighted by Gasteiger charge is 2.12. The molecule has 7 aromatic carbocycles. The molecular formula is C40H27N. The molecule has 192 valence electrons. The molecule has 0 spiro atoms. The number of nitrogens with zero attached hydrogens (tertiary/aromatic N) is 1. The van der Waals surface area contributed by atoms with E-state index in [1.807, 2.05) is 0 Å². The SMILES string of the molecule is Cc1cc(-c2ccc(-c3nc4ccccc4c4ccccc34)cc2)cc(-c2cc3ccccc3c3ccccc23)c1. The zero-order chi connectivity index (χ0) is 27.3. The number of para-hydroxylation sites is 1. The summed E-state index contributed by atoms with van der Waals surface area (Å²) in [4.78, 5) is 5.10. The average Bonchev–Trinajstić information content (AvgIpc) is 3.04. The van der Waals surface area contributed by atoms with Crippen LogP contribution < -0.4 is 0 Å². The molecule has 1 nitrogen and oxygen atoms in total. The minimum absolute atomic E-state index is 1.02. The molecule has 0 saturated heterocycles. The fourth-order valence-corrected chi connectivity index (χ4v) is 6.34. The molecule has 0 aliphatic rings. The van der Waals surface area contributed by atoms with Crippen molar-refractivity contribution in [2.75, 3.05) is 0 Å². The maximum atomic E-state index is 5.10. The van der Waals surface area contributed by atoms with E-state index < -0.39 is 0 Å². The summed E-state index contributed by atoms with van der Waals surface area (Å²) in [5, 5.41) is 8.75. The lowest BCUT2D eigenvalue weighted by Crippen LogP contribution is -1.90. The summed E-state index contributed by atoms with van der Waals surface area (Å²) in [5.74, 6) is 0. The first-order chi connectivity index (χ1) is 20.2. The fraction of sp³-hybridized carbons (Fsp3) is 0.0250. The monoisotopic (exact) mass is 521 g/mol. The van der Waals surface area contributed by atoms with Gasteiger partial charge in [-0.2, -0.15) is 0 Å². The van der Waals surface area contributed by atoms with Crippen molar-refractivity contribution in [3.8, 4) is 33.5 Å². The number of hydrogen-bond donors (Lipinski definition) is 0. The lowest BCUT2D eigenvalue weighted by atomic mass is 9.90. The van der Waals surface area contributed by atoms with Gasteiger partial charge in [0.25, 0.3) is 0 Å². The minimum atomic E-state index is 1.02. The van der Waals surface area contributed by atoms with Gasteiger partial charge in [-0.25, -0.2) is 4.98 Å². The molecule has 41 heavy (non-hydrogen) atoms. The lowest BCUT2D eigenvalue weighted by Gasteiger charge is -2.14. The largest absolute Gasteiger partial charge is 0.247 e. The number of pyridine rings is 1. The molecule has 0 aliphatic heterocycles. The van der Waals surface area contributed by atoms with Crippen LogP contribution in [0.25, 0.3) is 76.7 Å². The second-order valence-electron chi connectivity index (χ2n) is 10.9. The van der Waals surface area contributed by atoms with E-state index in [9.17, 15) is 0 Å². The highest BCUT2D eigenvalue weighted by molar-refractivity contribution is 6.14. The van der Waals surface area contributed by atoms with Crippen LogP contribution in [0, 0.1) is 6.92 Å². The Morgan fingerprint density at radius 1 is 0.390 bits per heavy atom. The van der Waals surface area contributed by atoms with Crippen LogP contribution in [-0.2, 0) is 0 Å². The van der Waals surface area contributed by atoms with Crippen LogP contribution in [0.3, 0.4) is 0 Å². The van der Waals surface area contributed by atoms with Gasteiger partial charge in [0.05, 0.1) is 11.2 Å². The van der Waals surface area contributed by atoms with Crippen molar-refractivity contribution in [3.63, 3.8) is 0 Å². The van der Waals surface area contributed by atoms with Crippen molar-refractivity contribution in [3.05, 3.63) is 151 Å². The fourth-order valence-electron chi connectivity index (χ4n) is 6.34. The zero-order valence-corrected chi connectivity index (χ0v) is 22.8. The van der Waals surface area contributed by atoms with Gasteiger partial charge in [0, 0.05) is 16.3 Å². The summed E-state index contributed by atoms with van der Waals surface area (Å²) >= 11 is 0. The van der Waals surface area contributed by atoms with Gasteiger partial charge in [-0.15, -0.1) is 0 Å². The van der Waals surface area contributed by atoms with E-state index in [0.717, 1.165) is 16.8 Å². The number of fused-ring (bicyclic) bond motifs is 6. The van der Waals surface area contributed by atoms with Gasteiger partial charge < -0.3 is 0 Å². The highest BCUT2D eigenvalue weighted by Crippen LogP contribution is 2.38. The Kier molecular flexibility index (Phi) is 5.43. The highest BCUT2D eigenvalue weighted by atomic mass is 14.7. The molecule has 8 rings (SSSR count). The van der Waals surface area contributed by atoms with Crippen LogP contribution in [0.1, 0.15) is 5.56 Å². The molecule has 0 aliphatic carbocycles. The third-order valence-corrected chi connectivity index (χ3v) is 8.26. The average molecular weight is 522 g/mol. The molecule has 0 N–H and O–H groups in total. The van der Waals surface area contributed by atoms with Crippen molar-refractivity contribution < 1.29 is 0 Å². The molecule has 0 unspecified atom stereocenters. The first-order valence-corrected chi connectivity index (χ1v) is 14.1. The van der Waals surface area contributed by atoms with Crippen LogP contribution in [0.5, 0.6) is 0 Å². The molecule has 1 aromatic heterocycles.